The number of rotatable bonds is 2. The lowest BCUT2D eigenvalue weighted by Crippen LogP contribution is -2.22. The highest BCUT2D eigenvalue weighted by Crippen LogP contribution is 2.19. The van der Waals surface area contributed by atoms with Gasteiger partial charge in [-0.1, -0.05) is 17.7 Å². The van der Waals surface area contributed by atoms with Gasteiger partial charge in [0.1, 0.15) is 0 Å². The summed E-state index contributed by atoms with van der Waals surface area (Å²) in [7, 11) is 0. The molecule has 2 heterocycles. The summed E-state index contributed by atoms with van der Waals surface area (Å²) in [5.74, 6) is 0. The molecule has 0 saturated carbocycles. The first kappa shape index (κ1) is 12.8. The maximum absolute atomic E-state index is 12.0. The van der Waals surface area contributed by atoms with Crippen LogP contribution in [0.15, 0.2) is 29.2 Å². The Bertz CT molecular complexity index is 647. The lowest BCUT2D eigenvalue weighted by atomic mass is 10.2. The predicted octanol–water partition coefficient (Wildman–Crippen LogP) is 2.87. The molecule has 0 unspecified atom stereocenters. The second-order valence-electron chi connectivity index (χ2n) is 4.44. The quantitative estimate of drug-likeness (QED) is 0.834. The fourth-order valence-electron chi connectivity index (χ4n) is 1.86. The van der Waals surface area contributed by atoms with E-state index in [4.69, 9.17) is 11.6 Å². The molecule has 3 nitrogen and oxygen atoms in total. The lowest BCUT2D eigenvalue weighted by molar-refractivity contribution is 0.726. The zero-order chi connectivity index (χ0) is 13.3. The van der Waals surface area contributed by atoms with Gasteiger partial charge in [0.15, 0.2) is 0 Å². The van der Waals surface area contributed by atoms with Gasteiger partial charge in [0.2, 0.25) is 0 Å². The van der Waals surface area contributed by atoms with Crippen molar-refractivity contribution in [3.63, 3.8) is 0 Å². The van der Waals surface area contributed by atoms with Crippen molar-refractivity contribution in [2.75, 3.05) is 0 Å². The number of aromatic nitrogens is 2. The van der Waals surface area contributed by atoms with Crippen molar-refractivity contribution in [1.82, 2.24) is 9.55 Å². The van der Waals surface area contributed by atoms with Crippen molar-refractivity contribution in [2.24, 2.45) is 0 Å². The van der Waals surface area contributed by atoms with E-state index >= 15 is 0 Å². The van der Waals surface area contributed by atoms with Crippen LogP contribution < -0.4 is 5.56 Å². The third-order valence-corrected chi connectivity index (χ3v) is 3.36. The molecule has 0 atom stereocenters. The van der Waals surface area contributed by atoms with Crippen LogP contribution in [0.5, 0.6) is 0 Å². The molecule has 0 bridgehead atoms. The van der Waals surface area contributed by atoms with E-state index in [0.717, 1.165) is 22.5 Å². The Hall–Kier alpha value is -1.61. The fraction of sp³-hybridized carbons (Fsp3) is 0.286. The molecule has 0 aliphatic rings. The number of aryl methyl sites for hydroxylation is 2. The highest BCUT2D eigenvalue weighted by atomic mass is 35.5. The number of nitrogens with zero attached hydrogens (tertiary/aromatic N) is 2. The summed E-state index contributed by atoms with van der Waals surface area (Å²) in [6, 6.07) is 5.51. The molecule has 0 spiro atoms. The normalized spacial score (nSPS) is 10.7. The van der Waals surface area contributed by atoms with Crippen LogP contribution in [0, 0.1) is 20.8 Å². The van der Waals surface area contributed by atoms with Crippen LogP contribution >= 0.6 is 11.6 Å². The van der Waals surface area contributed by atoms with E-state index in [0.29, 0.717) is 11.6 Å². The number of pyridine rings is 2. The first-order chi connectivity index (χ1) is 8.49. The van der Waals surface area contributed by atoms with Crippen molar-refractivity contribution in [3.8, 4) is 0 Å². The summed E-state index contributed by atoms with van der Waals surface area (Å²) in [6.45, 7) is 6.08. The van der Waals surface area contributed by atoms with E-state index in [1.165, 1.54) is 0 Å². The molecular formula is C14H15ClN2O. The standard InChI is InChI=1S/C14H15ClN2O/c1-9-5-4-6-17(14(9)18)8-13-11(3)12(15)7-10(2)16-13/h4-7H,8H2,1-3H3. The molecule has 94 valence electrons. The van der Waals surface area contributed by atoms with E-state index in [-0.39, 0.29) is 5.56 Å². The topological polar surface area (TPSA) is 34.9 Å². The Morgan fingerprint density at radius 1 is 1.33 bits per heavy atom. The van der Waals surface area contributed by atoms with Gasteiger partial charge in [-0.15, -0.1) is 0 Å². The lowest BCUT2D eigenvalue weighted by Gasteiger charge is -2.10. The van der Waals surface area contributed by atoms with Gasteiger partial charge < -0.3 is 4.57 Å². The largest absolute Gasteiger partial charge is 0.309 e. The van der Waals surface area contributed by atoms with Gasteiger partial charge in [0, 0.05) is 22.5 Å². The minimum atomic E-state index is 0.0105. The molecule has 0 aliphatic heterocycles. The summed E-state index contributed by atoms with van der Waals surface area (Å²) in [4.78, 5) is 16.4. The maximum atomic E-state index is 12.0. The molecule has 2 rings (SSSR count). The first-order valence-electron chi connectivity index (χ1n) is 5.77. The second-order valence-corrected chi connectivity index (χ2v) is 4.85. The average molecular weight is 263 g/mol. The summed E-state index contributed by atoms with van der Waals surface area (Å²) < 4.78 is 1.65. The van der Waals surface area contributed by atoms with E-state index < -0.39 is 0 Å². The Labute approximate surface area is 111 Å². The number of halogens is 1. The van der Waals surface area contributed by atoms with Crippen molar-refractivity contribution < 1.29 is 0 Å². The number of hydrogen-bond donors (Lipinski definition) is 0. The van der Waals surface area contributed by atoms with Gasteiger partial charge >= 0.3 is 0 Å². The Kier molecular flexibility index (Phi) is 3.53. The molecule has 4 heteroatoms. The van der Waals surface area contributed by atoms with Gasteiger partial charge in [0.25, 0.3) is 5.56 Å². The van der Waals surface area contributed by atoms with Crippen LogP contribution in [0.2, 0.25) is 5.02 Å². The highest BCUT2D eigenvalue weighted by molar-refractivity contribution is 6.31. The summed E-state index contributed by atoms with van der Waals surface area (Å²) in [5, 5.41) is 0.693. The molecule has 0 aliphatic carbocycles. The molecule has 0 saturated heterocycles. The van der Waals surface area contributed by atoms with Gasteiger partial charge in [0.05, 0.1) is 12.2 Å². The van der Waals surface area contributed by atoms with Gasteiger partial charge in [-0.2, -0.15) is 0 Å². The first-order valence-corrected chi connectivity index (χ1v) is 6.15. The summed E-state index contributed by atoms with van der Waals surface area (Å²) >= 11 is 6.13. The van der Waals surface area contributed by atoms with Crippen LogP contribution in [-0.2, 0) is 6.54 Å². The summed E-state index contributed by atoms with van der Waals surface area (Å²) in [5.41, 5.74) is 3.37. The van der Waals surface area contributed by atoms with Crippen LogP contribution in [0.4, 0.5) is 0 Å². The van der Waals surface area contributed by atoms with Crippen molar-refractivity contribution in [2.45, 2.75) is 27.3 Å². The Morgan fingerprint density at radius 2 is 2.06 bits per heavy atom. The minimum absolute atomic E-state index is 0.0105. The maximum Gasteiger partial charge on any atom is 0.253 e. The van der Waals surface area contributed by atoms with Gasteiger partial charge in [-0.3, -0.25) is 9.78 Å². The van der Waals surface area contributed by atoms with E-state index in [1.54, 1.807) is 10.8 Å². The molecule has 0 aromatic carbocycles. The fourth-order valence-corrected chi connectivity index (χ4v) is 2.12. The summed E-state index contributed by atoms with van der Waals surface area (Å²) in [6.07, 6.45) is 1.77. The molecule has 0 N–H and O–H groups in total. The molecule has 0 radical (unpaired) electrons. The number of hydrogen-bond acceptors (Lipinski definition) is 2. The average Bonchev–Trinajstić information content (AvgIpc) is 2.31. The molecule has 18 heavy (non-hydrogen) atoms. The van der Waals surface area contributed by atoms with Crippen LogP contribution in [-0.4, -0.2) is 9.55 Å². The third kappa shape index (κ3) is 2.46. The van der Waals surface area contributed by atoms with Gasteiger partial charge in [-0.05, 0) is 38.5 Å². The van der Waals surface area contributed by atoms with E-state index in [9.17, 15) is 4.79 Å². The third-order valence-electron chi connectivity index (χ3n) is 2.97. The van der Waals surface area contributed by atoms with Crippen LogP contribution in [0.1, 0.15) is 22.5 Å². The zero-order valence-corrected chi connectivity index (χ0v) is 11.5. The molecule has 2 aromatic rings. The van der Waals surface area contributed by atoms with E-state index in [1.807, 2.05) is 39.0 Å². The van der Waals surface area contributed by atoms with Crippen LogP contribution in [0.25, 0.3) is 0 Å². The highest BCUT2D eigenvalue weighted by Gasteiger charge is 2.08. The smallest absolute Gasteiger partial charge is 0.253 e. The SMILES string of the molecule is Cc1cc(Cl)c(C)c(Cn2cccc(C)c2=O)n1. The predicted molar refractivity (Wildman–Crippen MR) is 73.3 cm³/mol. The van der Waals surface area contributed by atoms with E-state index in [2.05, 4.69) is 4.98 Å². The molecule has 0 fully saturated rings. The Morgan fingerprint density at radius 3 is 2.78 bits per heavy atom. The molecule has 0 amide bonds. The van der Waals surface area contributed by atoms with Crippen molar-refractivity contribution >= 4 is 11.6 Å². The van der Waals surface area contributed by atoms with Crippen LogP contribution in [0.3, 0.4) is 0 Å². The van der Waals surface area contributed by atoms with Crippen molar-refractivity contribution in [3.05, 3.63) is 62.3 Å². The monoisotopic (exact) mass is 262 g/mol. The minimum Gasteiger partial charge on any atom is -0.309 e. The Balaban J connectivity index is 2.46. The van der Waals surface area contributed by atoms with Gasteiger partial charge in [-0.25, -0.2) is 0 Å². The molecule has 2 aromatic heterocycles. The molecular weight excluding hydrogens is 248 g/mol. The zero-order valence-electron chi connectivity index (χ0n) is 10.7. The van der Waals surface area contributed by atoms with Crippen molar-refractivity contribution in [1.29, 1.82) is 0 Å². The second kappa shape index (κ2) is 4.94.